The van der Waals surface area contributed by atoms with E-state index in [0.29, 0.717) is 24.4 Å². The number of nitrogens with zero attached hydrogens (tertiary/aromatic N) is 1. The Hall–Kier alpha value is -2.22. The summed E-state index contributed by atoms with van der Waals surface area (Å²) in [5.41, 5.74) is 1.36. The van der Waals surface area contributed by atoms with Crippen molar-refractivity contribution in [2.75, 3.05) is 13.1 Å². The molecule has 1 aliphatic rings. The first-order valence-electron chi connectivity index (χ1n) is 8.80. The monoisotopic (exact) mass is 389 g/mol. The van der Waals surface area contributed by atoms with Gasteiger partial charge in [-0.3, -0.25) is 0 Å². The third kappa shape index (κ3) is 4.55. The molecule has 0 unspecified atom stereocenters. The zero-order valence-electron chi connectivity index (χ0n) is 15.6. The number of ether oxygens (including phenoxy) is 2. The van der Waals surface area contributed by atoms with E-state index in [0.717, 1.165) is 5.56 Å². The number of esters is 1. The molecule has 1 fully saturated rings. The largest absolute Gasteiger partial charge is 0.423 e. The van der Waals surface area contributed by atoms with Crippen LogP contribution in [-0.4, -0.2) is 44.0 Å². The van der Waals surface area contributed by atoms with Gasteiger partial charge in [0.2, 0.25) is 10.0 Å². The zero-order valence-corrected chi connectivity index (χ0v) is 16.4. The highest BCUT2D eigenvalue weighted by Crippen LogP contribution is 2.22. The highest BCUT2D eigenvalue weighted by Gasteiger charge is 2.32. The molecule has 0 spiro atoms. The van der Waals surface area contributed by atoms with Crippen molar-refractivity contribution in [2.24, 2.45) is 0 Å². The average Bonchev–Trinajstić information content (AvgIpc) is 2.63. The molecule has 1 aliphatic heterocycles. The second-order valence-electron chi connectivity index (χ2n) is 6.81. The van der Waals surface area contributed by atoms with Crippen molar-refractivity contribution in [1.82, 2.24) is 4.31 Å². The van der Waals surface area contributed by atoms with E-state index in [1.165, 1.54) is 28.6 Å². The Labute approximate surface area is 159 Å². The predicted octanol–water partition coefficient (Wildman–Crippen LogP) is 3.01. The summed E-state index contributed by atoms with van der Waals surface area (Å²) in [7, 11) is -3.63. The Kier molecular flexibility index (Phi) is 5.64. The van der Waals surface area contributed by atoms with Gasteiger partial charge in [0, 0.05) is 13.1 Å². The maximum Gasteiger partial charge on any atom is 0.343 e. The topological polar surface area (TPSA) is 72.9 Å². The molecule has 0 radical (unpaired) electrons. The number of aryl methyl sites for hydroxylation is 1. The van der Waals surface area contributed by atoms with Crippen LogP contribution in [0.25, 0.3) is 0 Å². The fourth-order valence-electron chi connectivity index (χ4n) is 3.01. The van der Waals surface area contributed by atoms with Crippen molar-refractivity contribution in [3.8, 4) is 5.75 Å². The van der Waals surface area contributed by atoms with E-state index in [9.17, 15) is 13.2 Å². The minimum absolute atomic E-state index is 0.149. The Morgan fingerprint density at radius 1 is 1.00 bits per heavy atom. The Balaban J connectivity index is 1.74. The summed E-state index contributed by atoms with van der Waals surface area (Å²) in [6, 6.07) is 12.9. The van der Waals surface area contributed by atoms with E-state index in [1.54, 1.807) is 12.1 Å². The molecule has 7 heteroatoms. The normalized spacial score (nSPS) is 21.0. The Morgan fingerprint density at radius 3 is 2.11 bits per heavy atom. The van der Waals surface area contributed by atoms with Crippen LogP contribution >= 0.6 is 0 Å². The molecule has 0 bridgehead atoms. The quantitative estimate of drug-likeness (QED) is 0.594. The number of carbonyl (C=O) groups excluding carboxylic acids is 1. The molecule has 2 aromatic carbocycles. The molecule has 27 heavy (non-hydrogen) atoms. The van der Waals surface area contributed by atoms with Crippen molar-refractivity contribution >= 4 is 16.0 Å². The summed E-state index contributed by atoms with van der Waals surface area (Å²) >= 11 is 0. The van der Waals surface area contributed by atoms with Crippen LogP contribution in [0, 0.1) is 6.92 Å². The lowest BCUT2D eigenvalue weighted by atomic mass is 10.2. The number of benzene rings is 2. The Morgan fingerprint density at radius 2 is 1.56 bits per heavy atom. The number of hydrogen-bond acceptors (Lipinski definition) is 5. The maximum absolute atomic E-state index is 12.8. The summed E-state index contributed by atoms with van der Waals surface area (Å²) in [4.78, 5) is 12.4. The van der Waals surface area contributed by atoms with E-state index < -0.39 is 16.0 Å². The van der Waals surface area contributed by atoms with Crippen molar-refractivity contribution < 1.29 is 22.7 Å². The molecule has 144 valence electrons. The van der Waals surface area contributed by atoms with E-state index in [-0.39, 0.29) is 17.1 Å². The molecule has 1 saturated heterocycles. The third-order valence-corrected chi connectivity index (χ3v) is 6.19. The summed E-state index contributed by atoms with van der Waals surface area (Å²) in [5, 5.41) is 0. The SMILES string of the molecule is Cc1ccc(OC(=O)c2ccc(S(=O)(=O)N3C[C@H](C)O[C@@H](C)C3)cc2)cc1. The molecular formula is C20H23NO5S. The third-order valence-electron chi connectivity index (χ3n) is 4.35. The van der Waals surface area contributed by atoms with Crippen LogP contribution in [0.2, 0.25) is 0 Å². The van der Waals surface area contributed by atoms with Crippen molar-refractivity contribution in [3.05, 3.63) is 59.7 Å². The predicted molar refractivity (Wildman–Crippen MR) is 101 cm³/mol. The van der Waals surface area contributed by atoms with Gasteiger partial charge < -0.3 is 9.47 Å². The molecule has 6 nitrogen and oxygen atoms in total. The summed E-state index contributed by atoms with van der Waals surface area (Å²) < 4.78 is 38.0. The van der Waals surface area contributed by atoms with E-state index in [4.69, 9.17) is 9.47 Å². The lowest BCUT2D eigenvalue weighted by Crippen LogP contribution is -2.48. The molecule has 1 heterocycles. The zero-order chi connectivity index (χ0) is 19.6. The van der Waals surface area contributed by atoms with Gasteiger partial charge in [0.25, 0.3) is 0 Å². The number of morpholine rings is 1. The van der Waals surface area contributed by atoms with Gasteiger partial charge >= 0.3 is 5.97 Å². The number of carbonyl (C=O) groups is 1. The minimum atomic E-state index is -3.63. The van der Waals surface area contributed by atoms with Gasteiger partial charge in [0.15, 0.2) is 0 Å². The molecule has 0 saturated carbocycles. The second kappa shape index (κ2) is 7.80. The van der Waals surface area contributed by atoms with Crippen LogP contribution < -0.4 is 4.74 Å². The second-order valence-corrected chi connectivity index (χ2v) is 8.74. The molecule has 0 amide bonds. The van der Waals surface area contributed by atoms with Crippen LogP contribution in [0.1, 0.15) is 29.8 Å². The van der Waals surface area contributed by atoms with E-state index in [2.05, 4.69) is 0 Å². The molecule has 3 rings (SSSR count). The van der Waals surface area contributed by atoms with Crippen molar-refractivity contribution in [3.63, 3.8) is 0 Å². The van der Waals surface area contributed by atoms with E-state index >= 15 is 0 Å². The van der Waals surface area contributed by atoms with Crippen LogP contribution in [0.5, 0.6) is 5.75 Å². The van der Waals surface area contributed by atoms with Gasteiger partial charge in [-0.15, -0.1) is 0 Å². The summed E-state index contributed by atoms with van der Waals surface area (Å²) in [5.74, 6) is -0.0880. The van der Waals surface area contributed by atoms with E-state index in [1.807, 2.05) is 32.9 Å². The first kappa shape index (κ1) is 19.5. The smallest absolute Gasteiger partial charge is 0.343 e. The lowest BCUT2D eigenvalue weighted by molar-refractivity contribution is -0.0440. The highest BCUT2D eigenvalue weighted by molar-refractivity contribution is 7.89. The van der Waals surface area contributed by atoms with Gasteiger partial charge in [-0.25, -0.2) is 13.2 Å². The summed E-state index contributed by atoms with van der Waals surface area (Å²) in [6.07, 6.45) is -0.320. The van der Waals surface area contributed by atoms with Gasteiger partial charge in [-0.05, 0) is 57.2 Å². The Bertz CT molecular complexity index is 896. The van der Waals surface area contributed by atoms with Crippen molar-refractivity contribution in [1.29, 1.82) is 0 Å². The first-order chi connectivity index (χ1) is 12.8. The average molecular weight is 389 g/mol. The van der Waals surface area contributed by atoms with Gasteiger partial charge in [0.1, 0.15) is 5.75 Å². The fraction of sp³-hybridized carbons (Fsp3) is 0.350. The molecule has 2 aromatic rings. The molecular weight excluding hydrogens is 366 g/mol. The molecule has 0 aromatic heterocycles. The van der Waals surface area contributed by atoms with Gasteiger partial charge in [0.05, 0.1) is 22.7 Å². The van der Waals surface area contributed by atoms with Crippen LogP contribution in [0.15, 0.2) is 53.4 Å². The summed E-state index contributed by atoms with van der Waals surface area (Å²) in [6.45, 7) is 6.26. The lowest BCUT2D eigenvalue weighted by Gasteiger charge is -2.34. The molecule has 0 aliphatic carbocycles. The maximum atomic E-state index is 12.8. The van der Waals surface area contributed by atoms with Crippen LogP contribution in [0.4, 0.5) is 0 Å². The van der Waals surface area contributed by atoms with Crippen LogP contribution in [0.3, 0.4) is 0 Å². The standard InChI is InChI=1S/C20H23NO5S/c1-14-4-8-18(9-5-14)26-20(22)17-6-10-19(11-7-17)27(23,24)21-12-15(2)25-16(3)13-21/h4-11,15-16H,12-13H2,1-3H3/t15-,16-/m0/s1. The highest BCUT2D eigenvalue weighted by atomic mass is 32.2. The van der Waals surface area contributed by atoms with Crippen LogP contribution in [-0.2, 0) is 14.8 Å². The molecule has 0 N–H and O–H groups in total. The number of rotatable bonds is 4. The van der Waals surface area contributed by atoms with Crippen molar-refractivity contribution in [2.45, 2.75) is 37.9 Å². The van der Waals surface area contributed by atoms with Gasteiger partial charge in [-0.1, -0.05) is 17.7 Å². The fourth-order valence-corrected chi connectivity index (χ4v) is 4.60. The minimum Gasteiger partial charge on any atom is -0.423 e. The molecule has 2 atom stereocenters. The first-order valence-corrected chi connectivity index (χ1v) is 10.2. The number of hydrogen-bond donors (Lipinski definition) is 0. The number of sulfonamides is 1. The van der Waals surface area contributed by atoms with Gasteiger partial charge in [-0.2, -0.15) is 4.31 Å².